The van der Waals surface area contributed by atoms with Crippen LogP contribution in [0.1, 0.15) is 20.3 Å². The number of nitrogens with zero attached hydrogens (tertiary/aromatic N) is 1. The van der Waals surface area contributed by atoms with E-state index in [9.17, 15) is 13.2 Å². The van der Waals surface area contributed by atoms with Gasteiger partial charge in [-0.05, 0) is 37.6 Å². The van der Waals surface area contributed by atoms with Crippen molar-refractivity contribution >= 4 is 16.0 Å². The molecule has 0 amide bonds. The highest BCUT2D eigenvalue weighted by Crippen LogP contribution is 2.30. The number of hydrogen-bond donors (Lipinski definition) is 1. The first-order valence-corrected chi connectivity index (χ1v) is 8.79. The van der Waals surface area contributed by atoms with Crippen molar-refractivity contribution in [3.8, 4) is 5.75 Å². The van der Waals surface area contributed by atoms with Crippen LogP contribution in [0.3, 0.4) is 0 Å². The lowest BCUT2D eigenvalue weighted by Crippen LogP contribution is -2.56. The van der Waals surface area contributed by atoms with E-state index >= 15 is 0 Å². The molecule has 1 N–H and O–H groups in total. The molecule has 1 aromatic rings. The van der Waals surface area contributed by atoms with Crippen LogP contribution in [0, 0.1) is 0 Å². The first-order valence-electron chi connectivity index (χ1n) is 7.35. The Hall–Kier alpha value is -1.64. The molecule has 23 heavy (non-hydrogen) atoms. The third kappa shape index (κ3) is 3.82. The van der Waals surface area contributed by atoms with Crippen molar-refractivity contribution in [2.24, 2.45) is 0 Å². The normalized spacial score (nSPS) is 22.7. The van der Waals surface area contributed by atoms with E-state index < -0.39 is 28.1 Å². The highest BCUT2D eigenvalue weighted by molar-refractivity contribution is 7.89. The third-order valence-corrected chi connectivity index (χ3v) is 6.06. The minimum atomic E-state index is -3.65. The number of ether oxygens (including phenoxy) is 2. The lowest BCUT2D eigenvalue weighted by atomic mass is 9.99. The summed E-state index contributed by atoms with van der Waals surface area (Å²) in [6.07, 6.45) is 0.645. The standard InChI is InChI=1S/C15H21NO6S/c1-3-15(2)11-21-9-8-16(15)23(19,20)13-6-4-12(5-7-13)22-10-14(17)18/h4-7H,3,8-11H2,1-2H3,(H,17,18). The van der Waals surface area contributed by atoms with Gasteiger partial charge in [-0.15, -0.1) is 0 Å². The van der Waals surface area contributed by atoms with Crippen LogP contribution in [-0.2, 0) is 19.6 Å². The van der Waals surface area contributed by atoms with Crippen molar-refractivity contribution in [1.82, 2.24) is 4.31 Å². The van der Waals surface area contributed by atoms with Crippen molar-refractivity contribution in [2.45, 2.75) is 30.7 Å². The van der Waals surface area contributed by atoms with Crippen LogP contribution in [0.5, 0.6) is 5.75 Å². The maximum absolute atomic E-state index is 12.9. The lowest BCUT2D eigenvalue weighted by molar-refractivity contribution is -0.139. The number of carbonyl (C=O) groups is 1. The molecule has 1 aromatic carbocycles. The number of sulfonamides is 1. The molecule has 0 aromatic heterocycles. The zero-order valence-electron chi connectivity index (χ0n) is 13.2. The Balaban J connectivity index is 2.23. The van der Waals surface area contributed by atoms with E-state index in [0.717, 1.165) is 0 Å². The number of benzene rings is 1. The molecule has 0 bridgehead atoms. The molecule has 128 valence electrons. The average Bonchev–Trinajstić information content (AvgIpc) is 2.53. The van der Waals surface area contributed by atoms with E-state index in [2.05, 4.69) is 0 Å². The number of carboxylic acids is 1. The Morgan fingerprint density at radius 3 is 2.61 bits per heavy atom. The van der Waals surface area contributed by atoms with Crippen LogP contribution < -0.4 is 4.74 Å². The van der Waals surface area contributed by atoms with E-state index in [-0.39, 0.29) is 4.90 Å². The predicted molar refractivity (Wildman–Crippen MR) is 83.0 cm³/mol. The van der Waals surface area contributed by atoms with Gasteiger partial charge in [-0.25, -0.2) is 13.2 Å². The largest absolute Gasteiger partial charge is 0.482 e. The first kappa shape index (κ1) is 17.7. The Morgan fingerprint density at radius 1 is 1.39 bits per heavy atom. The predicted octanol–water partition coefficient (Wildman–Crippen LogP) is 1.34. The van der Waals surface area contributed by atoms with E-state index in [0.29, 0.717) is 31.9 Å². The fourth-order valence-electron chi connectivity index (χ4n) is 2.45. The summed E-state index contributed by atoms with van der Waals surface area (Å²) in [5.74, 6) is -0.777. The number of hydrogen-bond acceptors (Lipinski definition) is 5. The minimum absolute atomic E-state index is 0.154. The molecule has 1 aliphatic heterocycles. The van der Waals surface area contributed by atoms with E-state index in [1.165, 1.54) is 28.6 Å². The molecule has 0 spiro atoms. The average molecular weight is 343 g/mol. The molecule has 1 heterocycles. The van der Waals surface area contributed by atoms with Crippen LogP contribution in [0.4, 0.5) is 0 Å². The summed E-state index contributed by atoms with van der Waals surface area (Å²) in [5, 5.41) is 8.57. The second-order valence-electron chi connectivity index (χ2n) is 5.63. The summed E-state index contributed by atoms with van der Waals surface area (Å²) < 4.78 is 37.7. The fourth-order valence-corrected chi connectivity index (χ4v) is 4.26. The number of morpholine rings is 1. The second kappa shape index (κ2) is 6.86. The maximum atomic E-state index is 12.9. The summed E-state index contributed by atoms with van der Waals surface area (Å²) in [7, 11) is -3.65. The molecule has 1 fully saturated rings. The molecule has 1 atom stereocenters. The molecule has 1 unspecified atom stereocenters. The van der Waals surface area contributed by atoms with Gasteiger partial charge in [-0.2, -0.15) is 4.31 Å². The van der Waals surface area contributed by atoms with Gasteiger partial charge >= 0.3 is 5.97 Å². The summed E-state index contributed by atoms with van der Waals surface area (Å²) in [6, 6.07) is 5.77. The van der Waals surface area contributed by atoms with Gasteiger partial charge in [0.2, 0.25) is 10.0 Å². The van der Waals surface area contributed by atoms with Crippen molar-refractivity contribution in [2.75, 3.05) is 26.4 Å². The van der Waals surface area contributed by atoms with E-state index in [1.807, 2.05) is 13.8 Å². The quantitative estimate of drug-likeness (QED) is 0.838. The Labute approximate surface area is 135 Å². The lowest BCUT2D eigenvalue weighted by Gasteiger charge is -2.42. The van der Waals surface area contributed by atoms with Gasteiger partial charge < -0.3 is 14.6 Å². The zero-order chi connectivity index (χ0) is 17.1. The molecular formula is C15H21NO6S. The Bertz CT molecular complexity index is 657. The summed E-state index contributed by atoms with van der Waals surface area (Å²) in [5.41, 5.74) is -0.574. The topological polar surface area (TPSA) is 93.1 Å². The van der Waals surface area contributed by atoms with E-state index in [1.54, 1.807) is 0 Å². The Kier molecular flexibility index (Phi) is 5.28. The van der Waals surface area contributed by atoms with Crippen LogP contribution in [-0.4, -0.2) is 55.7 Å². The van der Waals surface area contributed by atoms with Gasteiger partial charge in [0.15, 0.2) is 6.61 Å². The molecule has 8 heteroatoms. The SMILES string of the molecule is CCC1(C)COCCN1S(=O)(=O)c1ccc(OCC(=O)O)cc1. The van der Waals surface area contributed by atoms with Gasteiger partial charge in [0.1, 0.15) is 5.75 Å². The second-order valence-corrected chi connectivity index (χ2v) is 7.50. The Morgan fingerprint density at radius 2 is 2.04 bits per heavy atom. The highest BCUT2D eigenvalue weighted by atomic mass is 32.2. The molecule has 1 saturated heterocycles. The molecule has 0 aliphatic carbocycles. The fraction of sp³-hybridized carbons (Fsp3) is 0.533. The highest BCUT2D eigenvalue weighted by Gasteiger charge is 2.41. The smallest absolute Gasteiger partial charge is 0.341 e. The van der Waals surface area contributed by atoms with Crippen LogP contribution in [0.25, 0.3) is 0 Å². The van der Waals surface area contributed by atoms with Gasteiger partial charge in [0.25, 0.3) is 0 Å². The molecule has 0 saturated carbocycles. The molecule has 2 rings (SSSR count). The summed E-state index contributed by atoms with van der Waals surface area (Å²) >= 11 is 0. The van der Waals surface area contributed by atoms with Crippen molar-refractivity contribution < 1.29 is 27.8 Å². The van der Waals surface area contributed by atoms with Crippen molar-refractivity contribution in [3.05, 3.63) is 24.3 Å². The monoisotopic (exact) mass is 343 g/mol. The number of aliphatic carboxylic acids is 1. The minimum Gasteiger partial charge on any atom is -0.482 e. The maximum Gasteiger partial charge on any atom is 0.341 e. The zero-order valence-corrected chi connectivity index (χ0v) is 14.0. The molecule has 0 radical (unpaired) electrons. The van der Waals surface area contributed by atoms with E-state index in [4.69, 9.17) is 14.6 Å². The number of carboxylic acid groups (broad SMARTS) is 1. The van der Waals surface area contributed by atoms with Gasteiger partial charge in [-0.3, -0.25) is 0 Å². The number of rotatable bonds is 6. The van der Waals surface area contributed by atoms with Crippen LogP contribution in [0.15, 0.2) is 29.2 Å². The van der Waals surface area contributed by atoms with Crippen LogP contribution >= 0.6 is 0 Å². The van der Waals surface area contributed by atoms with Gasteiger partial charge in [0, 0.05) is 6.54 Å². The summed E-state index contributed by atoms with van der Waals surface area (Å²) in [4.78, 5) is 10.6. The van der Waals surface area contributed by atoms with Gasteiger partial charge in [-0.1, -0.05) is 6.92 Å². The molecular weight excluding hydrogens is 322 g/mol. The van der Waals surface area contributed by atoms with Crippen molar-refractivity contribution in [1.29, 1.82) is 0 Å². The van der Waals surface area contributed by atoms with Crippen LogP contribution in [0.2, 0.25) is 0 Å². The van der Waals surface area contributed by atoms with Crippen molar-refractivity contribution in [3.63, 3.8) is 0 Å². The molecule has 7 nitrogen and oxygen atoms in total. The third-order valence-electron chi connectivity index (χ3n) is 3.99. The van der Waals surface area contributed by atoms with Gasteiger partial charge in [0.05, 0.1) is 23.6 Å². The first-order chi connectivity index (χ1) is 10.8. The summed E-state index contributed by atoms with van der Waals surface area (Å²) in [6.45, 7) is 4.37. The molecule has 1 aliphatic rings.